The molecular formula is C17H31N. The number of rotatable bonds is 5. The summed E-state index contributed by atoms with van der Waals surface area (Å²) in [4.78, 5) is 0. The van der Waals surface area contributed by atoms with E-state index < -0.39 is 0 Å². The van der Waals surface area contributed by atoms with Crippen molar-refractivity contribution >= 4 is 0 Å². The van der Waals surface area contributed by atoms with Crippen LogP contribution in [-0.4, -0.2) is 12.1 Å². The summed E-state index contributed by atoms with van der Waals surface area (Å²) >= 11 is 0. The van der Waals surface area contributed by atoms with E-state index in [2.05, 4.69) is 26.1 Å². The van der Waals surface area contributed by atoms with Gasteiger partial charge in [-0.05, 0) is 68.6 Å². The lowest BCUT2D eigenvalue weighted by atomic mass is 9.79. The molecule has 1 nitrogen and oxygen atoms in total. The minimum atomic E-state index is 0.726. The molecule has 0 aromatic carbocycles. The van der Waals surface area contributed by atoms with Gasteiger partial charge in [0.25, 0.3) is 0 Å². The Morgan fingerprint density at radius 2 is 1.83 bits per heavy atom. The number of hydrogen-bond acceptors (Lipinski definition) is 1. The summed E-state index contributed by atoms with van der Waals surface area (Å²) in [5.41, 5.74) is 0. The molecule has 3 aliphatic carbocycles. The lowest BCUT2D eigenvalue weighted by molar-refractivity contribution is 0.194. The van der Waals surface area contributed by atoms with Gasteiger partial charge < -0.3 is 5.32 Å². The molecule has 0 amide bonds. The molecule has 0 aliphatic heterocycles. The summed E-state index contributed by atoms with van der Waals surface area (Å²) < 4.78 is 0. The van der Waals surface area contributed by atoms with Gasteiger partial charge in [-0.25, -0.2) is 0 Å². The molecule has 3 aliphatic rings. The highest BCUT2D eigenvalue weighted by Gasteiger charge is 2.53. The zero-order valence-corrected chi connectivity index (χ0v) is 12.5. The van der Waals surface area contributed by atoms with E-state index in [1.165, 1.54) is 25.7 Å². The Kier molecular flexibility index (Phi) is 3.71. The molecule has 104 valence electrons. The molecule has 0 aromatic rings. The second-order valence-corrected chi connectivity index (χ2v) is 7.58. The zero-order valence-electron chi connectivity index (χ0n) is 12.5. The molecule has 0 heterocycles. The average Bonchev–Trinajstić information content (AvgIpc) is 2.98. The summed E-state index contributed by atoms with van der Waals surface area (Å²) in [6, 6.07) is 1.59. The molecular weight excluding hydrogens is 218 g/mol. The maximum atomic E-state index is 3.99. The first-order chi connectivity index (χ1) is 8.69. The maximum Gasteiger partial charge on any atom is 0.0103 e. The standard InChI is InChI=1S/C17H31N/c1-4-11(2)8-12(3)18-17-10-13-9-16(17)15-7-5-6-14(13)15/h11-18H,4-10H2,1-3H3. The predicted octanol–water partition coefficient (Wildman–Crippen LogP) is 4.23. The minimum Gasteiger partial charge on any atom is -0.311 e. The van der Waals surface area contributed by atoms with Gasteiger partial charge in [-0.1, -0.05) is 26.7 Å². The van der Waals surface area contributed by atoms with Crippen LogP contribution in [0.5, 0.6) is 0 Å². The molecule has 0 spiro atoms. The van der Waals surface area contributed by atoms with Crippen LogP contribution >= 0.6 is 0 Å². The molecule has 7 unspecified atom stereocenters. The van der Waals surface area contributed by atoms with Crippen molar-refractivity contribution < 1.29 is 0 Å². The van der Waals surface area contributed by atoms with E-state index >= 15 is 0 Å². The summed E-state index contributed by atoms with van der Waals surface area (Å²) in [6.07, 6.45) is 10.4. The van der Waals surface area contributed by atoms with Gasteiger partial charge in [-0.3, -0.25) is 0 Å². The Morgan fingerprint density at radius 1 is 1.06 bits per heavy atom. The lowest BCUT2D eigenvalue weighted by Gasteiger charge is -2.34. The van der Waals surface area contributed by atoms with Crippen LogP contribution in [0.4, 0.5) is 0 Å². The number of hydrogen-bond donors (Lipinski definition) is 1. The fraction of sp³-hybridized carbons (Fsp3) is 1.00. The van der Waals surface area contributed by atoms with Crippen LogP contribution in [0.1, 0.15) is 65.7 Å². The molecule has 0 radical (unpaired) electrons. The predicted molar refractivity (Wildman–Crippen MR) is 77.5 cm³/mol. The van der Waals surface area contributed by atoms with Gasteiger partial charge in [0.15, 0.2) is 0 Å². The van der Waals surface area contributed by atoms with Crippen LogP contribution in [0.15, 0.2) is 0 Å². The Bertz CT molecular complexity index is 287. The lowest BCUT2D eigenvalue weighted by Crippen LogP contribution is -2.44. The van der Waals surface area contributed by atoms with Crippen molar-refractivity contribution in [3.8, 4) is 0 Å². The van der Waals surface area contributed by atoms with Crippen molar-refractivity contribution in [2.75, 3.05) is 0 Å². The Hall–Kier alpha value is -0.0400. The topological polar surface area (TPSA) is 12.0 Å². The molecule has 18 heavy (non-hydrogen) atoms. The van der Waals surface area contributed by atoms with Gasteiger partial charge >= 0.3 is 0 Å². The van der Waals surface area contributed by atoms with Crippen LogP contribution < -0.4 is 5.32 Å². The van der Waals surface area contributed by atoms with Crippen molar-refractivity contribution in [2.24, 2.45) is 29.6 Å². The molecule has 3 rings (SSSR count). The molecule has 7 atom stereocenters. The van der Waals surface area contributed by atoms with Crippen LogP contribution in [-0.2, 0) is 0 Å². The van der Waals surface area contributed by atoms with Gasteiger partial charge in [-0.2, -0.15) is 0 Å². The first-order valence-electron chi connectivity index (χ1n) is 8.45. The Morgan fingerprint density at radius 3 is 2.61 bits per heavy atom. The number of nitrogens with one attached hydrogen (secondary N) is 1. The van der Waals surface area contributed by atoms with Crippen LogP contribution in [0.2, 0.25) is 0 Å². The highest BCUT2D eigenvalue weighted by Crippen LogP contribution is 2.58. The summed E-state index contributed by atoms with van der Waals surface area (Å²) in [5, 5.41) is 3.99. The smallest absolute Gasteiger partial charge is 0.0103 e. The largest absolute Gasteiger partial charge is 0.311 e. The fourth-order valence-electron chi connectivity index (χ4n) is 5.46. The highest BCUT2D eigenvalue weighted by atomic mass is 15.0. The van der Waals surface area contributed by atoms with Gasteiger partial charge in [-0.15, -0.1) is 0 Å². The van der Waals surface area contributed by atoms with E-state index in [4.69, 9.17) is 0 Å². The van der Waals surface area contributed by atoms with E-state index in [1.807, 2.05) is 0 Å². The molecule has 0 saturated heterocycles. The highest BCUT2D eigenvalue weighted by molar-refractivity contribution is 5.05. The van der Waals surface area contributed by atoms with Crippen LogP contribution in [0.3, 0.4) is 0 Å². The normalized spacial score (nSPS) is 45.2. The fourth-order valence-corrected chi connectivity index (χ4v) is 5.46. The zero-order chi connectivity index (χ0) is 12.7. The van der Waals surface area contributed by atoms with Crippen molar-refractivity contribution in [1.29, 1.82) is 0 Å². The van der Waals surface area contributed by atoms with E-state index in [-0.39, 0.29) is 0 Å². The Balaban J connectivity index is 1.53. The van der Waals surface area contributed by atoms with Crippen molar-refractivity contribution in [3.63, 3.8) is 0 Å². The quantitative estimate of drug-likeness (QED) is 0.769. The van der Waals surface area contributed by atoms with Gasteiger partial charge in [0.1, 0.15) is 0 Å². The number of fused-ring (bicyclic) bond motifs is 5. The summed E-state index contributed by atoms with van der Waals surface area (Å²) in [5.74, 6) is 5.26. The van der Waals surface area contributed by atoms with Gasteiger partial charge in [0.2, 0.25) is 0 Å². The van der Waals surface area contributed by atoms with Gasteiger partial charge in [0.05, 0.1) is 0 Å². The van der Waals surface area contributed by atoms with Crippen molar-refractivity contribution in [1.82, 2.24) is 5.32 Å². The Labute approximate surface area is 113 Å². The molecule has 0 aromatic heterocycles. The molecule has 1 heteroatoms. The van der Waals surface area contributed by atoms with Crippen LogP contribution in [0, 0.1) is 29.6 Å². The monoisotopic (exact) mass is 249 g/mol. The third kappa shape index (κ3) is 2.24. The summed E-state index contributed by atoms with van der Waals surface area (Å²) in [6.45, 7) is 7.12. The molecule has 3 fully saturated rings. The average molecular weight is 249 g/mol. The van der Waals surface area contributed by atoms with Crippen LogP contribution in [0.25, 0.3) is 0 Å². The molecule has 3 saturated carbocycles. The molecule has 2 bridgehead atoms. The van der Waals surface area contributed by atoms with Crippen molar-refractivity contribution in [2.45, 2.75) is 77.8 Å². The maximum absolute atomic E-state index is 3.99. The summed E-state index contributed by atoms with van der Waals surface area (Å²) in [7, 11) is 0. The SMILES string of the molecule is CCC(C)CC(C)NC1CC2CC1C1CCCC21. The van der Waals surface area contributed by atoms with E-state index in [9.17, 15) is 0 Å². The first-order valence-corrected chi connectivity index (χ1v) is 8.45. The van der Waals surface area contributed by atoms with E-state index in [0.29, 0.717) is 0 Å². The van der Waals surface area contributed by atoms with Gasteiger partial charge in [0, 0.05) is 12.1 Å². The third-order valence-corrected chi connectivity index (χ3v) is 6.38. The second kappa shape index (κ2) is 5.15. The minimum absolute atomic E-state index is 0.726. The van der Waals surface area contributed by atoms with E-state index in [0.717, 1.165) is 41.7 Å². The van der Waals surface area contributed by atoms with Crippen molar-refractivity contribution in [3.05, 3.63) is 0 Å². The molecule has 1 N–H and O–H groups in total. The first kappa shape index (κ1) is 13.0. The third-order valence-electron chi connectivity index (χ3n) is 6.38. The second-order valence-electron chi connectivity index (χ2n) is 7.58. The van der Waals surface area contributed by atoms with E-state index in [1.54, 1.807) is 19.3 Å².